The average molecular weight is 371 g/mol. The summed E-state index contributed by atoms with van der Waals surface area (Å²) >= 11 is 0. The van der Waals surface area contributed by atoms with Gasteiger partial charge in [-0.25, -0.2) is 0 Å². The van der Waals surface area contributed by atoms with E-state index >= 15 is 0 Å². The van der Waals surface area contributed by atoms with Crippen LogP contribution in [0, 0.1) is 0 Å². The van der Waals surface area contributed by atoms with E-state index < -0.39 is 0 Å². The fourth-order valence-electron chi connectivity index (χ4n) is 2.59. The Morgan fingerprint density at radius 1 is 1.15 bits per heavy atom. The lowest BCUT2D eigenvalue weighted by Gasteiger charge is -2.26. The molecule has 0 unspecified atom stereocenters. The summed E-state index contributed by atoms with van der Waals surface area (Å²) in [7, 11) is 1.48. The molecule has 27 heavy (non-hydrogen) atoms. The molecule has 7 nitrogen and oxygen atoms in total. The zero-order chi connectivity index (χ0) is 19.2. The minimum absolute atomic E-state index is 0.0751. The van der Waals surface area contributed by atoms with Crippen LogP contribution in [0.15, 0.2) is 42.5 Å². The summed E-state index contributed by atoms with van der Waals surface area (Å²) in [6, 6.07) is 12.2. The van der Waals surface area contributed by atoms with Crippen molar-refractivity contribution in [3.63, 3.8) is 0 Å². The lowest BCUT2D eigenvalue weighted by atomic mass is 10.1. The molecular weight excluding hydrogens is 350 g/mol. The van der Waals surface area contributed by atoms with Gasteiger partial charge in [0.1, 0.15) is 12.7 Å². The number of carbonyl (C=O) groups is 2. The zero-order valence-electron chi connectivity index (χ0n) is 15.2. The number of hydrogen-bond donors (Lipinski definition) is 1. The molecule has 0 radical (unpaired) electrons. The monoisotopic (exact) mass is 371 g/mol. The SMILES string of the molecule is COc1cc(C(C)=O)ccc1OCC(=O)NC[C@@H]1COc2ccccc2O1. The summed E-state index contributed by atoms with van der Waals surface area (Å²) in [6.45, 7) is 1.95. The van der Waals surface area contributed by atoms with Crippen LogP contribution in [0.5, 0.6) is 23.0 Å². The van der Waals surface area contributed by atoms with Gasteiger partial charge in [0.05, 0.1) is 13.7 Å². The Labute approximate surface area is 157 Å². The average Bonchev–Trinajstić information content (AvgIpc) is 2.70. The molecule has 7 heteroatoms. The second-order valence-corrected chi connectivity index (χ2v) is 6.01. The molecule has 3 rings (SSSR count). The molecule has 2 aromatic rings. The summed E-state index contributed by atoms with van der Waals surface area (Å²) < 4.78 is 22.1. The molecule has 1 heterocycles. The molecule has 0 fully saturated rings. The molecule has 2 aromatic carbocycles. The third-order valence-electron chi connectivity index (χ3n) is 4.02. The molecule has 0 aromatic heterocycles. The molecule has 1 atom stereocenters. The smallest absolute Gasteiger partial charge is 0.258 e. The zero-order valence-corrected chi connectivity index (χ0v) is 15.2. The van der Waals surface area contributed by atoms with Crippen LogP contribution in [0.2, 0.25) is 0 Å². The van der Waals surface area contributed by atoms with E-state index in [-0.39, 0.29) is 24.4 Å². The van der Waals surface area contributed by atoms with Crippen LogP contribution in [0.3, 0.4) is 0 Å². The summed E-state index contributed by atoms with van der Waals surface area (Å²) in [4.78, 5) is 23.5. The molecule has 0 bridgehead atoms. The van der Waals surface area contributed by atoms with Crippen molar-refractivity contribution in [2.75, 3.05) is 26.9 Å². The van der Waals surface area contributed by atoms with Crippen molar-refractivity contribution in [2.24, 2.45) is 0 Å². The minimum Gasteiger partial charge on any atom is -0.493 e. The maximum atomic E-state index is 12.1. The first-order valence-corrected chi connectivity index (χ1v) is 8.54. The molecule has 1 N–H and O–H groups in total. The number of fused-ring (bicyclic) bond motifs is 1. The van der Waals surface area contributed by atoms with Crippen LogP contribution in [0.1, 0.15) is 17.3 Å². The van der Waals surface area contributed by atoms with Crippen LogP contribution < -0.4 is 24.3 Å². The lowest BCUT2D eigenvalue weighted by Crippen LogP contribution is -2.42. The van der Waals surface area contributed by atoms with E-state index in [2.05, 4.69) is 5.32 Å². The minimum atomic E-state index is -0.296. The molecule has 1 aliphatic heterocycles. The van der Waals surface area contributed by atoms with E-state index in [1.165, 1.54) is 14.0 Å². The van der Waals surface area contributed by atoms with Crippen LogP contribution >= 0.6 is 0 Å². The second-order valence-electron chi connectivity index (χ2n) is 6.01. The highest BCUT2D eigenvalue weighted by Gasteiger charge is 2.21. The lowest BCUT2D eigenvalue weighted by molar-refractivity contribution is -0.123. The predicted molar refractivity (Wildman–Crippen MR) is 97.9 cm³/mol. The van der Waals surface area contributed by atoms with Gasteiger partial charge in [-0.1, -0.05) is 12.1 Å². The van der Waals surface area contributed by atoms with Gasteiger partial charge in [0, 0.05) is 5.56 Å². The number of ether oxygens (including phenoxy) is 4. The molecular formula is C20H21NO6. The quantitative estimate of drug-likeness (QED) is 0.752. The van der Waals surface area contributed by atoms with Crippen molar-refractivity contribution >= 4 is 11.7 Å². The van der Waals surface area contributed by atoms with E-state index in [1.807, 2.05) is 24.3 Å². The van der Waals surface area contributed by atoms with Gasteiger partial charge < -0.3 is 24.3 Å². The Morgan fingerprint density at radius 3 is 2.67 bits per heavy atom. The first kappa shape index (κ1) is 18.6. The number of para-hydroxylation sites is 2. The molecule has 0 aliphatic carbocycles. The van der Waals surface area contributed by atoms with Crippen molar-refractivity contribution in [1.29, 1.82) is 0 Å². The van der Waals surface area contributed by atoms with Crippen molar-refractivity contribution in [3.8, 4) is 23.0 Å². The molecule has 142 valence electrons. The van der Waals surface area contributed by atoms with Crippen molar-refractivity contribution in [1.82, 2.24) is 5.32 Å². The Balaban J connectivity index is 1.48. The summed E-state index contributed by atoms with van der Waals surface area (Å²) in [6.07, 6.45) is -0.270. The Kier molecular flexibility index (Phi) is 5.80. The van der Waals surface area contributed by atoms with E-state index in [4.69, 9.17) is 18.9 Å². The van der Waals surface area contributed by atoms with E-state index in [0.717, 1.165) is 0 Å². The van der Waals surface area contributed by atoms with Gasteiger partial charge in [0.2, 0.25) is 0 Å². The highest BCUT2D eigenvalue weighted by molar-refractivity contribution is 5.94. The van der Waals surface area contributed by atoms with Gasteiger partial charge in [-0.15, -0.1) is 0 Å². The van der Waals surface area contributed by atoms with Crippen LogP contribution in [0.25, 0.3) is 0 Å². The number of rotatable bonds is 7. The highest BCUT2D eigenvalue weighted by atomic mass is 16.6. The number of Topliss-reactive ketones (excluding diaryl/α,β-unsaturated/α-hetero) is 1. The Morgan fingerprint density at radius 2 is 1.93 bits per heavy atom. The Bertz CT molecular complexity index is 835. The number of ketones is 1. The van der Waals surface area contributed by atoms with Gasteiger partial charge in [0.15, 0.2) is 35.4 Å². The van der Waals surface area contributed by atoms with E-state index in [1.54, 1.807) is 18.2 Å². The first-order valence-electron chi connectivity index (χ1n) is 8.54. The number of methoxy groups -OCH3 is 1. The number of nitrogens with one attached hydrogen (secondary N) is 1. The van der Waals surface area contributed by atoms with Gasteiger partial charge in [-0.2, -0.15) is 0 Å². The maximum Gasteiger partial charge on any atom is 0.258 e. The molecule has 1 aliphatic rings. The van der Waals surface area contributed by atoms with Crippen molar-refractivity contribution in [3.05, 3.63) is 48.0 Å². The van der Waals surface area contributed by atoms with Gasteiger partial charge >= 0.3 is 0 Å². The van der Waals surface area contributed by atoms with Gasteiger partial charge in [-0.05, 0) is 37.3 Å². The van der Waals surface area contributed by atoms with Gasteiger partial charge in [-0.3, -0.25) is 9.59 Å². The van der Waals surface area contributed by atoms with Crippen LogP contribution in [0.4, 0.5) is 0 Å². The van der Waals surface area contributed by atoms with Crippen molar-refractivity contribution < 1.29 is 28.5 Å². The first-order chi connectivity index (χ1) is 13.1. The van der Waals surface area contributed by atoms with E-state index in [0.29, 0.717) is 41.7 Å². The van der Waals surface area contributed by atoms with Crippen LogP contribution in [-0.2, 0) is 4.79 Å². The number of benzene rings is 2. The third kappa shape index (κ3) is 4.69. The van der Waals surface area contributed by atoms with Crippen molar-refractivity contribution in [2.45, 2.75) is 13.0 Å². The maximum absolute atomic E-state index is 12.1. The number of carbonyl (C=O) groups excluding carboxylic acids is 2. The van der Waals surface area contributed by atoms with E-state index in [9.17, 15) is 9.59 Å². The predicted octanol–water partition coefficient (Wildman–Crippen LogP) is 2.23. The molecule has 0 saturated carbocycles. The second kappa shape index (κ2) is 8.44. The standard InChI is InChI=1S/C20H21NO6/c1-13(22)14-7-8-17(19(9-14)24-2)26-12-20(23)21-10-15-11-25-16-5-3-4-6-18(16)27-15/h3-9,15H,10-12H2,1-2H3,(H,21,23)/t15-/m1/s1. The normalized spacial score (nSPS) is 15.0. The fourth-order valence-corrected chi connectivity index (χ4v) is 2.59. The Hall–Kier alpha value is -3.22. The topological polar surface area (TPSA) is 83.1 Å². The largest absolute Gasteiger partial charge is 0.493 e. The molecule has 1 amide bonds. The third-order valence-corrected chi connectivity index (χ3v) is 4.02. The van der Waals surface area contributed by atoms with Gasteiger partial charge in [0.25, 0.3) is 5.91 Å². The molecule has 0 saturated heterocycles. The summed E-state index contributed by atoms with van der Waals surface area (Å²) in [5.41, 5.74) is 0.512. The fraction of sp³-hybridized carbons (Fsp3) is 0.300. The number of hydrogen-bond acceptors (Lipinski definition) is 6. The summed E-state index contributed by atoms with van der Waals surface area (Å²) in [5, 5.41) is 2.76. The molecule has 0 spiro atoms. The highest BCUT2D eigenvalue weighted by Crippen LogP contribution is 2.30. The summed E-state index contributed by atoms with van der Waals surface area (Å²) in [5.74, 6) is 1.78. The van der Waals surface area contributed by atoms with Crippen LogP contribution in [-0.4, -0.2) is 44.7 Å². The number of amides is 1.